The molecule has 1 aliphatic rings. The Morgan fingerprint density at radius 1 is 1.09 bits per heavy atom. The zero-order valence-electron chi connectivity index (χ0n) is 13.1. The number of aliphatic hydroxyl groups is 1. The third kappa shape index (κ3) is 6.39. The van der Waals surface area contributed by atoms with Gasteiger partial charge in [0.2, 0.25) is 0 Å². The standard InChI is InChI=1S/C17H24F3NO2/c18-17(19,20)13-7-9-16(10-8-13)23-12-15(22)11-21-14-5-3-1-2-4-6-14/h7-10,14-15,21-22H,1-6,11-12H2. The van der Waals surface area contributed by atoms with E-state index in [9.17, 15) is 18.3 Å². The minimum absolute atomic E-state index is 0.0606. The van der Waals surface area contributed by atoms with Crippen LogP contribution in [0.15, 0.2) is 24.3 Å². The number of benzene rings is 1. The largest absolute Gasteiger partial charge is 0.491 e. The average Bonchev–Trinajstić information content (AvgIpc) is 2.79. The third-order valence-electron chi connectivity index (χ3n) is 4.12. The second-order valence-corrected chi connectivity index (χ2v) is 6.08. The van der Waals surface area contributed by atoms with E-state index in [1.807, 2.05) is 0 Å². The van der Waals surface area contributed by atoms with Gasteiger partial charge in [0.05, 0.1) is 5.56 Å². The molecule has 0 saturated heterocycles. The molecule has 2 rings (SSSR count). The van der Waals surface area contributed by atoms with Gasteiger partial charge in [0.25, 0.3) is 0 Å². The number of hydrogen-bond acceptors (Lipinski definition) is 3. The lowest BCUT2D eigenvalue weighted by atomic mass is 10.1. The van der Waals surface area contributed by atoms with E-state index in [1.165, 1.54) is 37.8 Å². The molecule has 0 aliphatic heterocycles. The Labute approximate surface area is 134 Å². The second-order valence-electron chi connectivity index (χ2n) is 6.08. The number of halogens is 3. The molecular weight excluding hydrogens is 307 g/mol. The molecule has 130 valence electrons. The summed E-state index contributed by atoms with van der Waals surface area (Å²) < 4.78 is 42.7. The number of alkyl halides is 3. The highest BCUT2D eigenvalue weighted by Gasteiger charge is 2.30. The molecular formula is C17H24F3NO2. The van der Waals surface area contributed by atoms with Gasteiger partial charge in [0.15, 0.2) is 0 Å². The lowest BCUT2D eigenvalue weighted by molar-refractivity contribution is -0.137. The van der Waals surface area contributed by atoms with E-state index in [0.29, 0.717) is 18.3 Å². The van der Waals surface area contributed by atoms with Crippen LogP contribution in [0.2, 0.25) is 0 Å². The van der Waals surface area contributed by atoms with Crippen LogP contribution in [0, 0.1) is 0 Å². The van der Waals surface area contributed by atoms with Gasteiger partial charge in [0.1, 0.15) is 18.5 Å². The molecule has 1 atom stereocenters. The lowest BCUT2D eigenvalue weighted by Gasteiger charge is -2.19. The molecule has 0 spiro atoms. The molecule has 0 aromatic heterocycles. The van der Waals surface area contributed by atoms with Gasteiger partial charge in [-0.15, -0.1) is 0 Å². The Kier molecular flexibility index (Phi) is 6.72. The molecule has 23 heavy (non-hydrogen) atoms. The van der Waals surface area contributed by atoms with E-state index in [2.05, 4.69) is 5.32 Å². The van der Waals surface area contributed by atoms with Crippen molar-refractivity contribution in [2.45, 2.75) is 56.8 Å². The predicted molar refractivity (Wildman–Crippen MR) is 82.4 cm³/mol. The Hall–Kier alpha value is -1.27. The maximum absolute atomic E-state index is 12.5. The zero-order chi connectivity index (χ0) is 16.7. The minimum atomic E-state index is -4.35. The summed E-state index contributed by atoms with van der Waals surface area (Å²) in [5.41, 5.74) is -0.708. The van der Waals surface area contributed by atoms with Crippen molar-refractivity contribution in [3.63, 3.8) is 0 Å². The minimum Gasteiger partial charge on any atom is -0.491 e. The van der Waals surface area contributed by atoms with Crippen molar-refractivity contribution in [1.29, 1.82) is 0 Å². The Morgan fingerprint density at radius 3 is 2.26 bits per heavy atom. The van der Waals surface area contributed by atoms with Crippen LogP contribution < -0.4 is 10.1 Å². The zero-order valence-corrected chi connectivity index (χ0v) is 13.1. The van der Waals surface area contributed by atoms with Crippen LogP contribution in [-0.2, 0) is 6.18 Å². The molecule has 0 bridgehead atoms. The van der Waals surface area contributed by atoms with Crippen LogP contribution in [0.25, 0.3) is 0 Å². The molecule has 1 fully saturated rings. The molecule has 1 saturated carbocycles. The summed E-state index contributed by atoms with van der Waals surface area (Å²) in [7, 11) is 0. The van der Waals surface area contributed by atoms with Crippen LogP contribution >= 0.6 is 0 Å². The van der Waals surface area contributed by atoms with E-state index in [0.717, 1.165) is 25.0 Å². The van der Waals surface area contributed by atoms with Crippen molar-refractivity contribution in [2.24, 2.45) is 0 Å². The summed E-state index contributed by atoms with van der Waals surface area (Å²) in [4.78, 5) is 0. The van der Waals surface area contributed by atoms with Gasteiger partial charge in [-0.3, -0.25) is 0 Å². The number of rotatable bonds is 6. The fourth-order valence-corrected chi connectivity index (χ4v) is 2.78. The number of nitrogens with one attached hydrogen (secondary N) is 1. The number of ether oxygens (including phenoxy) is 1. The molecule has 2 N–H and O–H groups in total. The van der Waals surface area contributed by atoms with E-state index >= 15 is 0 Å². The van der Waals surface area contributed by atoms with Gasteiger partial charge >= 0.3 is 6.18 Å². The first-order chi connectivity index (χ1) is 10.9. The predicted octanol–water partition coefficient (Wildman–Crippen LogP) is 3.76. The summed E-state index contributed by atoms with van der Waals surface area (Å²) in [6, 6.07) is 4.94. The van der Waals surface area contributed by atoms with Crippen LogP contribution in [0.4, 0.5) is 13.2 Å². The van der Waals surface area contributed by atoms with E-state index < -0.39 is 17.8 Å². The van der Waals surface area contributed by atoms with Crippen molar-refractivity contribution in [3.05, 3.63) is 29.8 Å². The van der Waals surface area contributed by atoms with Gasteiger partial charge in [-0.05, 0) is 37.1 Å². The Balaban J connectivity index is 1.70. The van der Waals surface area contributed by atoms with Gasteiger partial charge < -0.3 is 15.2 Å². The highest BCUT2D eigenvalue weighted by molar-refractivity contribution is 5.28. The smallest absolute Gasteiger partial charge is 0.416 e. The number of aliphatic hydroxyl groups excluding tert-OH is 1. The fourth-order valence-electron chi connectivity index (χ4n) is 2.78. The van der Waals surface area contributed by atoms with Crippen molar-refractivity contribution >= 4 is 0 Å². The SMILES string of the molecule is OC(CNC1CCCCCC1)COc1ccc(C(F)(F)F)cc1. The molecule has 1 unspecified atom stereocenters. The van der Waals surface area contributed by atoms with Gasteiger partial charge in [-0.25, -0.2) is 0 Å². The summed E-state index contributed by atoms with van der Waals surface area (Å²) in [5, 5.41) is 13.3. The quantitative estimate of drug-likeness (QED) is 0.780. The van der Waals surface area contributed by atoms with Crippen molar-refractivity contribution in [2.75, 3.05) is 13.2 Å². The van der Waals surface area contributed by atoms with Gasteiger partial charge in [-0.1, -0.05) is 25.7 Å². The van der Waals surface area contributed by atoms with Crippen molar-refractivity contribution < 1.29 is 23.0 Å². The monoisotopic (exact) mass is 331 g/mol. The normalized spacial score (nSPS) is 18.4. The molecule has 1 aromatic rings. The number of hydrogen-bond donors (Lipinski definition) is 2. The summed E-state index contributed by atoms with van der Waals surface area (Å²) >= 11 is 0. The first-order valence-electron chi connectivity index (χ1n) is 8.16. The highest BCUT2D eigenvalue weighted by Crippen LogP contribution is 2.30. The van der Waals surface area contributed by atoms with Gasteiger partial charge in [-0.2, -0.15) is 13.2 Å². The Bertz CT molecular complexity index is 454. The molecule has 3 nitrogen and oxygen atoms in total. The average molecular weight is 331 g/mol. The van der Waals surface area contributed by atoms with Crippen LogP contribution in [-0.4, -0.2) is 30.4 Å². The first-order valence-corrected chi connectivity index (χ1v) is 8.16. The van der Waals surface area contributed by atoms with Crippen molar-refractivity contribution in [1.82, 2.24) is 5.32 Å². The first kappa shape index (κ1) is 18.1. The third-order valence-corrected chi connectivity index (χ3v) is 4.12. The Morgan fingerprint density at radius 2 is 1.70 bits per heavy atom. The van der Waals surface area contributed by atoms with E-state index in [-0.39, 0.29) is 6.61 Å². The molecule has 6 heteroatoms. The maximum atomic E-state index is 12.5. The molecule has 0 amide bonds. The molecule has 0 radical (unpaired) electrons. The second kappa shape index (κ2) is 8.55. The summed E-state index contributed by atoms with van der Waals surface area (Å²) in [6.07, 6.45) is 2.22. The van der Waals surface area contributed by atoms with E-state index in [4.69, 9.17) is 4.74 Å². The van der Waals surface area contributed by atoms with Crippen LogP contribution in [0.1, 0.15) is 44.1 Å². The highest BCUT2D eigenvalue weighted by atomic mass is 19.4. The van der Waals surface area contributed by atoms with Gasteiger partial charge in [0, 0.05) is 12.6 Å². The van der Waals surface area contributed by atoms with E-state index in [1.54, 1.807) is 0 Å². The fraction of sp³-hybridized carbons (Fsp3) is 0.647. The van der Waals surface area contributed by atoms with Crippen LogP contribution in [0.3, 0.4) is 0 Å². The summed E-state index contributed by atoms with van der Waals surface area (Å²) in [6.45, 7) is 0.496. The topological polar surface area (TPSA) is 41.5 Å². The van der Waals surface area contributed by atoms with Crippen molar-refractivity contribution in [3.8, 4) is 5.75 Å². The molecule has 1 aromatic carbocycles. The maximum Gasteiger partial charge on any atom is 0.416 e. The van der Waals surface area contributed by atoms with Crippen LogP contribution in [0.5, 0.6) is 5.75 Å². The molecule has 1 aliphatic carbocycles. The summed E-state index contributed by atoms with van der Waals surface area (Å²) in [5.74, 6) is 0.325. The molecule has 0 heterocycles. The lowest BCUT2D eigenvalue weighted by Crippen LogP contribution is -2.37.